The molecule has 0 N–H and O–H groups in total. The van der Waals surface area contributed by atoms with Gasteiger partial charge in [-0.15, -0.1) is 0 Å². The summed E-state index contributed by atoms with van der Waals surface area (Å²) in [6, 6.07) is 11.2. The van der Waals surface area contributed by atoms with Crippen molar-refractivity contribution in [2.75, 3.05) is 6.61 Å². The van der Waals surface area contributed by atoms with Crippen molar-refractivity contribution in [2.24, 2.45) is 0 Å². The smallest absolute Gasteiger partial charge is 0.349 e. The van der Waals surface area contributed by atoms with Crippen LogP contribution < -0.4 is 9.47 Å². The Morgan fingerprint density at radius 3 is 2.35 bits per heavy atom. The van der Waals surface area contributed by atoms with E-state index in [9.17, 15) is 4.79 Å². The quantitative estimate of drug-likeness (QED) is 0.566. The van der Waals surface area contributed by atoms with Gasteiger partial charge in [-0.2, -0.15) is 0 Å². The molecule has 0 bridgehead atoms. The zero-order valence-electron chi connectivity index (χ0n) is 13.9. The number of para-hydroxylation sites is 1. The average Bonchev–Trinajstić information content (AvgIpc) is 2.50. The van der Waals surface area contributed by atoms with E-state index in [0.717, 1.165) is 16.7 Å². The zero-order chi connectivity index (χ0) is 17.0. The standard InChI is InChI=1S/C19H21ClO3/c1-12(2)16-7-5-6-8-17(16)22-11-18(21)23-15-9-13(3)19(20)14(4)10-15/h5-10,12H,11H2,1-4H3. The van der Waals surface area contributed by atoms with E-state index in [2.05, 4.69) is 13.8 Å². The van der Waals surface area contributed by atoms with Crippen LogP contribution in [0.5, 0.6) is 11.5 Å². The molecule has 0 amide bonds. The number of aryl methyl sites for hydroxylation is 2. The van der Waals surface area contributed by atoms with Gasteiger partial charge in [-0.25, -0.2) is 4.79 Å². The summed E-state index contributed by atoms with van der Waals surface area (Å²) in [5.41, 5.74) is 2.82. The third-order valence-corrected chi connectivity index (χ3v) is 4.12. The molecular formula is C19H21ClO3. The van der Waals surface area contributed by atoms with Crippen molar-refractivity contribution in [3.05, 3.63) is 58.1 Å². The van der Waals surface area contributed by atoms with Gasteiger partial charge in [-0.05, 0) is 54.7 Å². The summed E-state index contributed by atoms with van der Waals surface area (Å²) in [6.45, 7) is 7.79. The topological polar surface area (TPSA) is 35.5 Å². The molecule has 23 heavy (non-hydrogen) atoms. The van der Waals surface area contributed by atoms with E-state index in [4.69, 9.17) is 21.1 Å². The maximum Gasteiger partial charge on any atom is 0.349 e. The number of ether oxygens (including phenoxy) is 2. The van der Waals surface area contributed by atoms with Crippen molar-refractivity contribution in [2.45, 2.75) is 33.6 Å². The van der Waals surface area contributed by atoms with Crippen LogP contribution in [-0.4, -0.2) is 12.6 Å². The highest BCUT2D eigenvalue weighted by atomic mass is 35.5. The molecule has 4 heteroatoms. The van der Waals surface area contributed by atoms with E-state index < -0.39 is 5.97 Å². The number of hydrogen-bond donors (Lipinski definition) is 0. The minimum absolute atomic E-state index is 0.134. The van der Waals surface area contributed by atoms with Crippen LogP contribution in [-0.2, 0) is 4.79 Å². The van der Waals surface area contributed by atoms with Crippen molar-refractivity contribution >= 4 is 17.6 Å². The maximum absolute atomic E-state index is 12.0. The van der Waals surface area contributed by atoms with E-state index in [-0.39, 0.29) is 6.61 Å². The molecule has 0 aromatic heterocycles. The monoisotopic (exact) mass is 332 g/mol. The molecule has 0 saturated heterocycles. The molecule has 0 aliphatic carbocycles. The van der Waals surface area contributed by atoms with Crippen LogP contribution in [0.1, 0.15) is 36.5 Å². The highest BCUT2D eigenvalue weighted by Gasteiger charge is 2.12. The van der Waals surface area contributed by atoms with E-state index >= 15 is 0 Å². The molecule has 0 radical (unpaired) electrons. The summed E-state index contributed by atoms with van der Waals surface area (Å²) in [4.78, 5) is 12.0. The van der Waals surface area contributed by atoms with Crippen LogP contribution in [0.4, 0.5) is 0 Å². The Kier molecular flexibility index (Phi) is 5.67. The van der Waals surface area contributed by atoms with Gasteiger partial charge in [0.1, 0.15) is 11.5 Å². The lowest BCUT2D eigenvalue weighted by Gasteiger charge is -2.13. The maximum atomic E-state index is 12.0. The Bertz CT molecular complexity index is 685. The molecule has 2 rings (SSSR count). The van der Waals surface area contributed by atoms with Gasteiger partial charge in [0.05, 0.1) is 0 Å². The summed E-state index contributed by atoms with van der Waals surface area (Å²) < 4.78 is 10.9. The average molecular weight is 333 g/mol. The molecule has 0 aliphatic rings. The summed E-state index contributed by atoms with van der Waals surface area (Å²) in [7, 11) is 0. The molecule has 0 spiro atoms. The van der Waals surface area contributed by atoms with Gasteiger partial charge >= 0.3 is 5.97 Å². The third-order valence-electron chi connectivity index (χ3n) is 3.53. The SMILES string of the molecule is Cc1cc(OC(=O)COc2ccccc2C(C)C)cc(C)c1Cl. The Labute approximate surface area is 142 Å². The van der Waals surface area contributed by atoms with Gasteiger partial charge in [0.2, 0.25) is 0 Å². The summed E-state index contributed by atoms with van der Waals surface area (Å²) in [5.74, 6) is 1.08. The van der Waals surface area contributed by atoms with Crippen LogP contribution in [0.15, 0.2) is 36.4 Å². The van der Waals surface area contributed by atoms with Crippen LogP contribution in [0.2, 0.25) is 5.02 Å². The summed E-state index contributed by atoms with van der Waals surface area (Å²) >= 11 is 6.11. The van der Waals surface area contributed by atoms with Crippen LogP contribution in [0.3, 0.4) is 0 Å². The molecule has 0 aliphatic heterocycles. The van der Waals surface area contributed by atoms with E-state index in [0.29, 0.717) is 22.4 Å². The fraction of sp³-hybridized carbons (Fsp3) is 0.316. The van der Waals surface area contributed by atoms with E-state index in [1.807, 2.05) is 38.1 Å². The minimum Gasteiger partial charge on any atom is -0.482 e. The van der Waals surface area contributed by atoms with Gasteiger partial charge in [0.25, 0.3) is 0 Å². The van der Waals surface area contributed by atoms with E-state index in [1.165, 1.54) is 0 Å². The number of carbonyl (C=O) groups excluding carboxylic acids is 1. The molecule has 122 valence electrons. The van der Waals surface area contributed by atoms with Gasteiger partial charge < -0.3 is 9.47 Å². The Morgan fingerprint density at radius 1 is 1.13 bits per heavy atom. The highest BCUT2D eigenvalue weighted by Crippen LogP contribution is 2.27. The Hall–Kier alpha value is -2.00. The fourth-order valence-corrected chi connectivity index (χ4v) is 2.46. The molecular weight excluding hydrogens is 312 g/mol. The Morgan fingerprint density at radius 2 is 1.74 bits per heavy atom. The highest BCUT2D eigenvalue weighted by molar-refractivity contribution is 6.32. The molecule has 0 fully saturated rings. The first-order valence-electron chi connectivity index (χ1n) is 7.57. The normalized spacial score (nSPS) is 10.7. The number of benzene rings is 2. The number of rotatable bonds is 5. The predicted molar refractivity (Wildman–Crippen MR) is 92.6 cm³/mol. The lowest BCUT2D eigenvalue weighted by molar-refractivity contribution is -0.136. The first-order chi connectivity index (χ1) is 10.9. The lowest BCUT2D eigenvalue weighted by atomic mass is 10.0. The molecule has 0 unspecified atom stereocenters. The predicted octanol–water partition coefficient (Wildman–Crippen LogP) is 5.06. The molecule has 0 saturated carbocycles. The molecule has 0 atom stereocenters. The fourth-order valence-electron chi connectivity index (χ4n) is 2.35. The van der Waals surface area contributed by atoms with E-state index in [1.54, 1.807) is 12.1 Å². The Balaban J connectivity index is 2.01. The van der Waals surface area contributed by atoms with Crippen molar-refractivity contribution in [1.82, 2.24) is 0 Å². The number of hydrogen-bond acceptors (Lipinski definition) is 3. The van der Waals surface area contributed by atoms with Crippen molar-refractivity contribution < 1.29 is 14.3 Å². The van der Waals surface area contributed by atoms with Gasteiger partial charge in [-0.1, -0.05) is 43.6 Å². The minimum atomic E-state index is -0.440. The summed E-state index contributed by atoms with van der Waals surface area (Å²) in [6.07, 6.45) is 0. The lowest BCUT2D eigenvalue weighted by Crippen LogP contribution is -2.18. The number of halogens is 1. The van der Waals surface area contributed by atoms with Crippen LogP contribution in [0, 0.1) is 13.8 Å². The van der Waals surface area contributed by atoms with Gasteiger partial charge in [-0.3, -0.25) is 0 Å². The van der Waals surface area contributed by atoms with Crippen molar-refractivity contribution in [3.8, 4) is 11.5 Å². The second kappa shape index (κ2) is 7.51. The molecule has 2 aromatic rings. The van der Waals surface area contributed by atoms with Crippen LogP contribution >= 0.6 is 11.6 Å². The number of esters is 1. The molecule has 3 nitrogen and oxygen atoms in total. The first-order valence-corrected chi connectivity index (χ1v) is 7.95. The zero-order valence-corrected chi connectivity index (χ0v) is 14.6. The first kappa shape index (κ1) is 17.4. The number of carbonyl (C=O) groups is 1. The largest absolute Gasteiger partial charge is 0.482 e. The van der Waals surface area contributed by atoms with Gasteiger partial charge in [0.15, 0.2) is 6.61 Å². The van der Waals surface area contributed by atoms with Crippen LogP contribution in [0.25, 0.3) is 0 Å². The molecule has 0 heterocycles. The second-order valence-corrected chi connectivity index (χ2v) is 6.20. The summed E-state index contributed by atoms with van der Waals surface area (Å²) in [5, 5.41) is 0.687. The van der Waals surface area contributed by atoms with Crippen molar-refractivity contribution in [1.29, 1.82) is 0 Å². The molecule has 2 aromatic carbocycles. The second-order valence-electron chi connectivity index (χ2n) is 5.83. The van der Waals surface area contributed by atoms with Gasteiger partial charge in [0, 0.05) is 5.02 Å². The third kappa shape index (κ3) is 4.49. The van der Waals surface area contributed by atoms with Crippen molar-refractivity contribution in [3.63, 3.8) is 0 Å².